The molecule has 0 bridgehead atoms. The number of carbonyl (C=O) groups excluding carboxylic acids is 2. The summed E-state index contributed by atoms with van der Waals surface area (Å²) in [6.45, 7) is 10.4. The fourth-order valence-electron chi connectivity index (χ4n) is 3.30. The largest absolute Gasteiger partial charge is 0.342 e. The molecule has 1 aromatic carbocycles. The van der Waals surface area contributed by atoms with Gasteiger partial charge in [0.15, 0.2) is 0 Å². The predicted octanol–water partition coefficient (Wildman–Crippen LogP) is 3.01. The van der Waals surface area contributed by atoms with Crippen LogP contribution in [0, 0.1) is 0 Å². The number of hydrogen-bond acceptors (Lipinski definition) is 4. The summed E-state index contributed by atoms with van der Waals surface area (Å²) in [5.74, 6) is 0.128. The average Bonchev–Trinajstić information content (AvgIpc) is 2.95. The van der Waals surface area contributed by atoms with Gasteiger partial charge >= 0.3 is 6.03 Å². The molecule has 1 aromatic rings. The van der Waals surface area contributed by atoms with Gasteiger partial charge in [-0.2, -0.15) is 0 Å². The first-order valence-corrected chi connectivity index (χ1v) is 10.8. The molecule has 1 saturated heterocycles. The molecular weight excluding hydrogens is 366 g/mol. The lowest BCUT2D eigenvalue weighted by molar-refractivity contribution is -0.127. The lowest BCUT2D eigenvalue weighted by Gasteiger charge is -2.21. The van der Waals surface area contributed by atoms with Crippen LogP contribution >= 0.6 is 0 Å². The first-order valence-electron chi connectivity index (χ1n) is 9.30. The molecule has 2 rings (SSSR count). The smallest absolute Gasteiger partial charge is 0.332 e. The fourth-order valence-corrected chi connectivity index (χ4v) is 4.51. The number of amides is 3. The Morgan fingerprint density at radius 3 is 2.19 bits per heavy atom. The van der Waals surface area contributed by atoms with Gasteiger partial charge in [-0.05, 0) is 29.9 Å². The van der Waals surface area contributed by atoms with Crippen molar-refractivity contribution >= 4 is 27.6 Å². The Labute approximate surface area is 161 Å². The van der Waals surface area contributed by atoms with E-state index in [1.54, 1.807) is 6.92 Å². The van der Waals surface area contributed by atoms with Gasteiger partial charge in [-0.1, -0.05) is 45.9 Å². The van der Waals surface area contributed by atoms with Crippen LogP contribution in [0.4, 0.5) is 10.5 Å². The van der Waals surface area contributed by atoms with Crippen molar-refractivity contribution in [3.63, 3.8) is 0 Å². The highest BCUT2D eigenvalue weighted by atomic mass is 32.2. The number of rotatable bonds is 6. The van der Waals surface area contributed by atoms with Crippen molar-refractivity contribution in [1.82, 2.24) is 9.62 Å². The van der Waals surface area contributed by atoms with E-state index in [1.807, 2.05) is 45.9 Å². The molecule has 1 fully saturated rings. The van der Waals surface area contributed by atoms with Gasteiger partial charge in [0, 0.05) is 25.2 Å². The molecule has 0 aliphatic carbocycles. The Morgan fingerprint density at radius 2 is 1.74 bits per heavy atom. The van der Waals surface area contributed by atoms with Crippen LogP contribution in [-0.4, -0.2) is 43.6 Å². The summed E-state index contributed by atoms with van der Waals surface area (Å²) in [5, 5.41) is 1.81. The Kier molecular flexibility index (Phi) is 6.51. The summed E-state index contributed by atoms with van der Waals surface area (Å²) >= 11 is 0. The van der Waals surface area contributed by atoms with Gasteiger partial charge in [0.2, 0.25) is 15.9 Å². The van der Waals surface area contributed by atoms with Crippen LogP contribution in [0.2, 0.25) is 0 Å². The molecule has 1 aliphatic heterocycles. The molecule has 150 valence electrons. The van der Waals surface area contributed by atoms with Crippen molar-refractivity contribution < 1.29 is 18.0 Å². The van der Waals surface area contributed by atoms with Gasteiger partial charge < -0.3 is 10.2 Å². The fraction of sp³-hybridized carbons (Fsp3) is 0.579. The predicted molar refractivity (Wildman–Crippen MR) is 106 cm³/mol. The molecule has 3 amide bonds. The van der Waals surface area contributed by atoms with Crippen molar-refractivity contribution in [2.24, 2.45) is 0 Å². The van der Waals surface area contributed by atoms with Gasteiger partial charge in [0.05, 0.1) is 0 Å². The quantitative estimate of drug-likeness (QED) is 0.774. The zero-order chi connectivity index (χ0) is 20.4. The Bertz CT molecular complexity index is 792. The molecule has 1 atom stereocenters. The molecule has 8 heteroatoms. The van der Waals surface area contributed by atoms with Crippen LogP contribution in [0.5, 0.6) is 0 Å². The minimum atomic E-state index is -3.95. The van der Waals surface area contributed by atoms with E-state index in [9.17, 15) is 18.0 Å². The Hall–Kier alpha value is -2.09. The van der Waals surface area contributed by atoms with Crippen LogP contribution < -0.4 is 10.0 Å². The summed E-state index contributed by atoms with van der Waals surface area (Å²) < 4.78 is 27.1. The lowest BCUT2D eigenvalue weighted by Crippen LogP contribution is -2.42. The number of para-hydroxylation sites is 1. The van der Waals surface area contributed by atoms with E-state index in [-0.39, 0.29) is 30.7 Å². The van der Waals surface area contributed by atoms with Crippen molar-refractivity contribution in [1.29, 1.82) is 0 Å². The number of anilines is 1. The molecule has 1 aliphatic rings. The summed E-state index contributed by atoms with van der Waals surface area (Å²) in [7, 11) is -3.95. The number of hydrogen-bond donors (Lipinski definition) is 2. The van der Waals surface area contributed by atoms with Crippen molar-refractivity contribution in [2.75, 3.05) is 18.4 Å². The average molecular weight is 396 g/mol. The number of nitrogens with one attached hydrogen (secondary N) is 2. The SMILES string of the molecule is CCN1CC(S(=O)(=O)NC(=O)Nc2c(C(C)C)cccc2C(C)C)CC1=O. The minimum absolute atomic E-state index is 0.101. The molecule has 0 spiro atoms. The standard InChI is InChI=1S/C19H29N3O4S/c1-6-22-11-14(10-17(22)23)27(25,26)21-19(24)20-18-15(12(2)3)8-7-9-16(18)13(4)5/h7-9,12-14H,6,10-11H2,1-5H3,(H2,20,21,24). The molecule has 0 saturated carbocycles. The molecular formula is C19H29N3O4S. The molecule has 2 N–H and O–H groups in total. The number of carbonyl (C=O) groups is 2. The first-order chi connectivity index (χ1) is 12.6. The lowest BCUT2D eigenvalue weighted by atomic mass is 9.93. The molecule has 27 heavy (non-hydrogen) atoms. The molecule has 0 radical (unpaired) electrons. The molecule has 7 nitrogen and oxygen atoms in total. The molecule has 1 unspecified atom stereocenters. The summed E-state index contributed by atoms with van der Waals surface area (Å²) in [6, 6.07) is 4.99. The number of nitrogens with zero attached hydrogens (tertiary/aromatic N) is 1. The monoisotopic (exact) mass is 395 g/mol. The maximum absolute atomic E-state index is 12.5. The third-order valence-corrected chi connectivity index (χ3v) is 6.51. The third-order valence-electron chi connectivity index (χ3n) is 4.85. The van der Waals surface area contributed by atoms with Gasteiger partial charge in [-0.3, -0.25) is 4.79 Å². The number of likely N-dealkylation sites (tertiary alicyclic amines) is 1. The van der Waals surface area contributed by atoms with Crippen molar-refractivity contribution in [2.45, 2.75) is 58.1 Å². The molecule has 1 heterocycles. The van der Waals surface area contributed by atoms with E-state index in [2.05, 4.69) is 10.0 Å². The second kappa shape index (κ2) is 8.29. The Morgan fingerprint density at radius 1 is 1.19 bits per heavy atom. The summed E-state index contributed by atoms with van der Waals surface area (Å²) in [6.07, 6.45) is -0.101. The van der Waals surface area contributed by atoms with Crippen LogP contribution in [0.1, 0.15) is 64.0 Å². The van der Waals surface area contributed by atoms with E-state index >= 15 is 0 Å². The van der Waals surface area contributed by atoms with Gasteiger partial charge in [0.1, 0.15) is 5.25 Å². The van der Waals surface area contributed by atoms with Crippen molar-refractivity contribution in [3.05, 3.63) is 29.3 Å². The zero-order valence-corrected chi connectivity index (χ0v) is 17.4. The van der Waals surface area contributed by atoms with Gasteiger partial charge in [-0.25, -0.2) is 17.9 Å². The van der Waals surface area contributed by atoms with E-state index in [0.29, 0.717) is 12.2 Å². The van der Waals surface area contributed by atoms with E-state index < -0.39 is 21.3 Å². The van der Waals surface area contributed by atoms with Gasteiger partial charge in [-0.15, -0.1) is 0 Å². The van der Waals surface area contributed by atoms with E-state index in [1.165, 1.54) is 4.90 Å². The minimum Gasteiger partial charge on any atom is -0.342 e. The van der Waals surface area contributed by atoms with Crippen LogP contribution in [0.15, 0.2) is 18.2 Å². The summed E-state index contributed by atoms with van der Waals surface area (Å²) in [4.78, 5) is 25.8. The van der Waals surface area contributed by atoms with Crippen LogP contribution in [0.3, 0.4) is 0 Å². The maximum Gasteiger partial charge on any atom is 0.332 e. The number of urea groups is 1. The summed E-state index contributed by atoms with van der Waals surface area (Å²) in [5.41, 5.74) is 2.54. The topological polar surface area (TPSA) is 95.6 Å². The van der Waals surface area contributed by atoms with Crippen molar-refractivity contribution in [3.8, 4) is 0 Å². The molecule has 0 aromatic heterocycles. The zero-order valence-electron chi connectivity index (χ0n) is 16.6. The van der Waals surface area contributed by atoms with Crippen LogP contribution in [0.25, 0.3) is 0 Å². The normalized spacial score (nSPS) is 17.7. The second-order valence-corrected chi connectivity index (χ2v) is 9.44. The highest BCUT2D eigenvalue weighted by Gasteiger charge is 2.38. The third kappa shape index (κ3) is 4.80. The van der Waals surface area contributed by atoms with E-state index in [0.717, 1.165) is 11.1 Å². The second-order valence-electron chi connectivity index (χ2n) is 7.48. The highest BCUT2D eigenvalue weighted by molar-refractivity contribution is 7.90. The number of benzene rings is 1. The number of sulfonamides is 1. The maximum atomic E-state index is 12.5. The Balaban J connectivity index is 2.20. The first kappa shape index (κ1) is 21.2. The van der Waals surface area contributed by atoms with E-state index in [4.69, 9.17) is 0 Å². The highest BCUT2D eigenvalue weighted by Crippen LogP contribution is 2.32. The van der Waals surface area contributed by atoms with Crippen LogP contribution in [-0.2, 0) is 14.8 Å². The van der Waals surface area contributed by atoms with Gasteiger partial charge in [0.25, 0.3) is 0 Å².